The van der Waals surface area contributed by atoms with E-state index in [1.54, 1.807) is 22.7 Å². The van der Waals surface area contributed by atoms with Gasteiger partial charge in [0, 0.05) is 10.9 Å². The summed E-state index contributed by atoms with van der Waals surface area (Å²) in [4.78, 5) is 44.4. The summed E-state index contributed by atoms with van der Waals surface area (Å²) in [5.74, 6) is -2.12. The molecule has 3 saturated heterocycles. The topological polar surface area (TPSA) is 98.7 Å². The number of rotatable bonds is 8. The van der Waals surface area contributed by atoms with Gasteiger partial charge in [0.2, 0.25) is 17.7 Å². The van der Waals surface area contributed by atoms with E-state index < -0.39 is 28.7 Å². The van der Waals surface area contributed by atoms with Crippen LogP contribution in [0.1, 0.15) is 24.5 Å². The lowest BCUT2D eigenvalue weighted by atomic mass is 9.66. The second-order valence-corrected chi connectivity index (χ2v) is 13.6. The maximum atomic E-state index is 14.6. The van der Waals surface area contributed by atoms with E-state index in [1.807, 2.05) is 79.7 Å². The fourth-order valence-corrected chi connectivity index (χ4v) is 10.00. The predicted octanol–water partition coefficient (Wildman–Crippen LogP) is 5.17. The molecule has 0 aliphatic carbocycles. The molecule has 3 unspecified atom stereocenters. The van der Waals surface area contributed by atoms with E-state index in [0.717, 1.165) is 11.1 Å². The Kier molecular flexibility index (Phi) is 7.81. The second-order valence-electron chi connectivity index (χ2n) is 11.6. The number of halogens is 1. The van der Waals surface area contributed by atoms with Gasteiger partial charge in [0.15, 0.2) is 0 Å². The number of carbonyl (C=O) groups is 3. The molecule has 3 amide bonds. The maximum absolute atomic E-state index is 14.6. The number of aliphatic hydroxyl groups is 1. The number of thioether (sulfide) groups is 1. The molecule has 2 bridgehead atoms. The molecular weight excluding hydrogens is 570 g/mol. The fraction of sp³-hybridized carbons (Fsp3) is 0.364. The Bertz CT molecular complexity index is 1490. The molecule has 3 N–H and O–H groups in total. The minimum atomic E-state index is -0.897. The van der Waals surface area contributed by atoms with Gasteiger partial charge < -0.3 is 20.6 Å². The van der Waals surface area contributed by atoms with Crippen LogP contribution >= 0.6 is 23.4 Å². The molecule has 3 fully saturated rings. The number of hydrogen-bond donors (Lipinski definition) is 3. The number of likely N-dealkylation sites (tertiary alicyclic amines) is 1. The molecule has 9 heteroatoms. The van der Waals surface area contributed by atoms with Crippen molar-refractivity contribution in [2.45, 2.75) is 48.8 Å². The van der Waals surface area contributed by atoms with Crippen molar-refractivity contribution in [1.82, 2.24) is 4.90 Å². The Hall–Kier alpha value is -3.33. The highest BCUT2D eigenvalue weighted by molar-refractivity contribution is 8.02. The fourth-order valence-electron chi connectivity index (χ4n) is 7.32. The third kappa shape index (κ3) is 4.70. The second kappa shape index (κ2) is 11.4. The number of nitrogens with zero attached hydrogens (tertiary/aromatic N) is 1. The minimum absolute atomic E-state index is 0.00798. The standard InChI is InChI=1S/C33H34ClN3O4S/c1-19-10-9-15-24(34)28(19)36-31(40)29-33-20(2)16-25(42-33)26(30(39)35-22-13-7-4-8-14-22)27(33)32(41)37(29)23(18-38)17-21-11-5-3-6-12-21/h3-15,20,23,25-27,29,38H,16-18H2,1-2H3,(H,35,39)(H,36,40)/t20?,23-,25-,26+,27+,29?,33?/m1/s1. The lowest BCUT2D eigenvalue weighted by Gasteiger charge is -2.40. The molecule has 3 heterocycles. The Morgan fingerprint density at radius 1 is 1.02 bits per heavy atom. The number of nitrogens with one attached hydrogen (secondary N) is 2. The van der Waals surface area contributed by atoms with Crippen molar-refractivity contribution in [3.05, 3.63) is 95.0 Å². The van der Waals surface area contributed by atoms with E-state index in [9.17, 15) is 19.5 Å². The zero-order chi connectivity index (χ0) is 29.6. The SMILES string of the molecule is Cc1cccc(Cl)c1NC(=O)C1N([C@@H](CO)Cc2ccccc2)C(=O)[C@@H]2[C@@H](C(=O)Nc3ccccc3)[C@H]3CC(C)C12S3. The first-order valence-electron chi connectivity index (χ1n) is 14.3. The average molecular weight is 604 g/mol. The van der Waals surface area contributed by atoms with Crippen molar-refractivity contribution in [2.75, 3.05) is 17.2 Å². The lowest BCUT2D eigenvalue weighted by Crippen LogP contribution is -2.57. The van der Waals surface area contributed by atoms with Crippen molar-refractivity contribution in [1.29, 1.82) is 0 Å². The summed E-state index contributed by atoms with van der Waals surface area (Å²) < 4.78 is -0.830. The van der Waals surface area contributed by atoms with E-state index in [1.165, 1.54) is 0 Å². The molecule has 0 aromatic heterocycles. The first kappa shape index (κ1) is 28.8. The van der Waals surface area contributed by atoms with Crippen molar-refractivity contribution in [2.24, 2.45) is 17.8 Å². The average Bonchev–Trinajstić information content (AvgIpc) is 3.58. The number of aliphatic hydroxyl groups excluding tert-OH is 1. The quantitative estimate of drug-likeness (QED) is 0.330. The monoisotopic (exact) mass is 603 g/mol. The van der Waals surface area contributed by atoms with Crippen LogP contribution in [0.4, 0.5) is 11.4 Å². The van der Waals surface area contributed by atoms with Crippen LogP contribution in [-0.4, -0.2) is 56.4 Å². The van der Waals surface area contributed by atoms with Gasteiger partial charge in [-0.25, -0.2) is 0 Å². The van der Waals surface area contributed by atoms with Gasteiger partial charge in [0.1, 0.15) is 6.04 Å². The van der Waals surface area contributed by atoms with Gasteiger partial charge in [-0.2, -0.15) is 0 Å². The molecule has 1 spiro atoms. The summed E-state index contributed by atoms with van der Waals surface area (Å²) >= 11 is 8.11. The van der Waals surface area contributed by atoms with Gasteiger partial charge in [-0.05, 0) is 55.0 Å². The molecule has 42 heavy (non-hydrogen) atoms. The van der Waals surface area contributed by atoms with E-state index in [2.05, 4.69) is 17.6 Å². The highest BCUT2D eigenvalue weighted by Gasteiger charge is 2.76. The molecule has 7 nitrogen and oxygen atoms in total. The summed E-state index contributed by atoms with van der Waals surface area (Å²) in [5, 5.41) is 17.1. The van der Waals surface area contributed by atoms with Crippen LogP contribution in [0.5, 0.6) is 0 Å². The molecule has 7 atom stereocenters. The molecule has 3 aromatic carbocycles. The molecule has 3 aliphatic rings. The summed E-state index contributed by atoms with van der Waals surface area (Å²) in [6.07, 6.45) is 1.09. The number of amides is 3. The van der Waals surface area contributed by atoms with Gasteiger partial charge in [-0.15, -0.1) is 11.8 Å². The third-order valence-electron chi connectivity index (χ3n) is 9.16. The van der Waals surface area contributed by atoms with Crippen LogP contribution in [0.15, 0.2) is 78.9 Å². The van der Waals surface area contributed by atoms with Gasteiger partial charge in [0.05, 0.1) is 39.9 Å². The van der Waals surface area contributed by atoms with Crippen molar-refractivity contribution < 1.29 is 19.5 Å². The van der Waals surface area contributed by atoms with Gasteiger partial charge in [-0.3, -0.25) is 14.4 Å². The number of para-hydroxylation sites is 2. The zero-order valence-corrected chi connectivity index (χ0v) is 25.1. The molecule has 6 rings (SSSR count). The first-order valence-corrected chi connectivity index (χ1v) is 15.6. The molecular formula is C33H34ClN3O4S. The van der Waals surface area contributed by atoms with E-state index in [-0.39, 0.29) is 35.5 Å². The Morgan fingerprint density at radius 2 is 1.71 bits per heavy atom. The predicted molar refractivity (Wildman–Crippen MR) is 166 cm³/mol. The number of benzene rings is 3. The van der Waals surface area contributed by atoms with Crippen LogP contribution in [0.2, 0.25) is 5.02 Å². The van der Waals surface area contributed by atoms with Crippen LogP contribution in [-0.2, 0) is 20.8 Å². The lowest BCUT2D eigenvalue weighted by molar-refractivity contribution is -0.141. The molecule has 0 saturated carbocycles. The number of hydrogen-bond acceptors (Lipinski definition) is 5. The molecule has 218 valence electrons. The highest BCUT2D eigenvalue weighted by atomic mass is 35.5. The maximum Gasteiger partial charge on any atom is 0.248 e. The van der Waals surface area contributed by atoms with E-state index in [4.69, 9.17) is 11.6 Å². The Balaban J connectivity index is 1.42. The van der Waals surface area contributed by atoms with Crippen LogP contribution in [0.3, 0.4) is 0 Å². The van der Waals surface area contributed by atoms with Gasteiger partial charge >= 0.3 is 0 Å². The van der Waals surface area contributed by atoms with Crippen LogP contribution in [0, 0.1) is 24.7 Å². The van der Waals surface area contributed by atoms with E-state index >= 15 is 0 Å². The first-order chi connectivity index (χ1) is 20.3. The normalized spacial score (nSPS) is 28.4. The number of fused-ring (bicyclic) bond motifs is 1. The summed E-state index contributed by atoms with van der Waals surface area (Å²) in [6.45, 7) is 3.63. The number of anilines is 2. The van der Waals surface area contributed by atoms with Crippen LogP contribution < -0.4 is 10.6 Å². The zero-order valence-electron chi connectivity index (χ0n) is 23.5. The molecule has 3 aliphatic heterocycles. The molecule has 3 aromatic rings. The van der Waals surface area contributed by atoms with Gasteiger partial charge in [0.25, 0.3) is 0 Å². The van der Waals surface area contributed by atoms with E-state index in [0.29, 0.717) is 29.2 Å². The molecule has 0 radical (unpaired) electrons. The van der Waals surface area contributed by atoms with Crippen molar-refractivity contribution >= 4 is 52.5 Å². The number of aryl methyl sites for hydroxylation is 1. The third-order valence-corrected chi connectivity index (χ3v) is 11.6. The Morgan fingerprint density at radius 3 is 2.38 bits per heavy atom. The number of carbonyl (C=O) groups excluding carboxylic acids is 3. The van der Waals surface area contributed by atoms with Crippen molar-refractivity contribution in [3.8, 4) is 0 Å². The summed E-state index contributed by atoms with van der Waals surface area (Å²) in [6, 6.07) is 22.7. The smallest absolute Gasteiger partial charge is 0.248 e. The van der Waals surface area contributed by atoms with Crippen LogP contribution in [0.25, 0.3) is 0 Å². The summed E-state index contributed by atoms with van der Waals surface area (Å²) in [7, 11) is 0. The summed E-state index contributed by atoms with van der Waals surface area (Å²) in [5.41, 5.74) is 2.92. The minimum Gasteiger partial charge on any atom is -0.394 e. The largest absolute Gasteiger partial charge is 0.394 e. The van der Waals surface area contributed by atoms with Gasteiger partial charge in [-0.1, -0.05) is 79.2 Å². The Labute approximate surface area is 255 Å². The van der Waals surface area contributed by atoms with Crippen molar-refractivity contribution in [3.63, 3.8) is 0 Å². The highest BCUT2D eigenvalue weighted by Crippen LogP contribution is 2.69.